The highest BCUT2D eigenvalue weighted by Gasteiger charge is 2.41. The van der Waals surface area contributed by atoms with Gasteiger partial charge < -0.3 is 51.9 Å². The summed E-state index contributed by atoms with van der Waals surface area (Å²) < 4.78 is 90.2. The molecule has 0 unspecified atom stereocenters. The zero-order valence-corrected chi connectivity index (χ0v) is 51.8. The van der Waals surface area contributed by atoms with Crippen molar-refractivity contribution in [1.29, 1.82) is 0 Å². The molecule has 17 heteroatoms. The molecule has 0 amide bonds. The monoisotopic (exact) mass is 1150 g/mol. The lowest BCUT2D eigenvalue weighted by Gasteiger charge is -2.40. The molecule has 3 aromatic rings. The van der Waals surface area contributed by atoms with Crippen LogP contribution in [0, 0.1) is 18.8 Å². The maximum atomic E-state index is 13.0. The number of benzene rings is 3. The highest BCUT2D eigenvalue weighted by Crippen LogP contribution is 2.40. The molecule has 3 aromatic carbocycles. The molecule has 0 aliphatic rings. The Balaban J connectivity index is 0.00000153. The Morgan fingerprint density at radius 1 is 0.603 bits per heavy atom. The molecule has 14 nitrogen and oxygen atoms in total. The Labute approximate surface area is 476 Å². The molecule has 0 bridgehead atoms. The third-order valence-electron chi connectivity index (χ3n) is 14.3. The van der Waals surface area contributed by atoms with Gasteiger partial charge in [-0.2, -0.15) is 8.42 Å². The van der Waals surface area contributed by atoms with E-state index in [2.05, 4.69) is 80.9 Å². The third kappa shape index (κ3) is 27.5. The van der Waals surface area contributed by atoms with Gasteiger partial charge in [-0.3, -0.25) is 4.18 Å². The standard InChI is InChI=1S/C33H52O8SSi.C26H46O6Si.2CH4/c1-10-11-28(24-40-42(34,35)31-18-12-26(2)13-19-31)32(39-25-36-6)22-30(41-43(8,9)33(3,4)5)20-21-38-23-27-14-16-29(37-7)17-15-27;1-9-10-22(18-27)25(31-20-28-5)17-24(32-33(7,8)26(2,3)4)15-16-30-19-21-11-13-23(29-6)14-12-21;;/h10,12-19,28,30,32H,1,11,20-25H2,2-9H3;9,11-14,22,24-25,27H,1,10,15-20H2,2-8H3;2*1H4/t28-,30-,32-;22-,24-,25-;;/m11../s1. The minimum atomic E-state index is -3.94. The van der Waals surface area contributed by atoms with Crippen molar-refractivity contribution < 1.29 is 64.5 Å². The predicted octanol–water partition coefficient (Wildman–Crippen LogP) is 14.1. The summed E-state index contributed by atoms with van der Waals surface area (Å²) in [7, 11) is -1.62. The molecule has 0 saturated carbocycles. The van der Waals surface area contributed by atoms with Gasteiger partial charge in [0.1, 0.15) is 25.1 Å². The van der Waals surface area contributed by atoms with Crippen molar-refractivity contribution in [3.05, 3.63) is 115 Å². The van der Waals surface area contributed by atoms with Gasteiger partial charge in [-0.05, 0) is 129 Å². The van der Waals surface area contributed by atoms with Gasteiger partial charge in [0.05, 0.1) is 51.1 Å². The van der Waals surface area contributed by atoms with Gasteiger partial charge in [0.25, 0.3) is 10.1 Å². The molecule has 78 heavy (non-hydrogen) atoms. The van der Waals surface area contributed by atoms with E-state index in [0.29, 0.717) is 58.5 Å². The smallest absolute Gasteiger partial charge is 0.296 e. The fourth-order valence-corrected chi connectivity index (χ4v) is 11.3. The number of ether oxygens (including phenoxy) is 8. The van der Waals surface area contributed by atoms with Gasteiger partial charge >= 0.3 is 0 Å². The molecule has 0 heterocycles. The average Bonchev–Trinajstić information content (AvgIpc) is 3.37. The average molecular weight is 1150 g/mol. The summed E-state index contributed by atoms with van der Waals surface area (Å²) in [6, 6.07) is 22.3. The van der Waals surface area contributed by atoms with Crippen LogP contribution in [-0.2, 0) is 64.8 Å². The molecule has 3 rings (SSSR count). The molecule has 0 saturated heterocycles. The topological polar surface area (TPSA) is 156 Å². The Hall–Kier alpha value is -3.28. The SMILES string of the molecule is C.C.C=CC[C@H](CO)[C@@H](C[C@@H](CCOCc1ccc(OC)cc1)O[Si](C)(C)C(C)(C)C)OCOC.C=CC[C@H](COS(=O)(=O)c1ccc(C)cc1)[C@@H](C[C@@H](CCOCc1ccc(OC)cc1)O[Si](C)(C)C(C)(C)C)OCOC. The van der Waals surface area contributed by atoms with E-state index >= 15 is 0 Å². The summed E-state index contributed by atoms with van der Waals surface area (Å²) in [5.41, 5.74) is 3.13. The molecule has 6 atom stereocenters. The summed E-state index contributed by atoms with van der Waals surface area (Å²) in [6.45, 7) is 34.2. The third-order valence-corrected chi connectivity index (χ3v) is 24.7. The van der Waals surface area contributed by atoms with Crippen molar-refractivity contribution in [3.63, 3.8) is 0 Å². The van der Waals surface area contributed by atoms with Crippen LogP contribution in [0.1, 0.15) is 112 Å². The van der Waals surface area contributed by atoms with Crippen LogP contribution in [0.25, 0.3) is 0 Å². The Morgan fingerprint density at radius 3 is 1.33 bits per heavy atom. The molecule has 0 aliphatic carbocycles. The van der Waals surface area contributed by atoms with E-state index in [4.69, 9.17) is 50.9 Å². The van der Waals surface area contributed by atoms with Gasteiger partial charge in [-0.1, -0.05) is 111 Å². The highest BCUT2D eigenvalue weighted by atomic mass is 32.2. The minimum absolute atomic E-state index is 0. The maximum absolute atomic E-state index is 13.0. The van der Waals surface area contributed by atoms with E-state index < -0.39 is 32.9 Å². The molecule has 0 aliphatic heterocycles. The summed E-state index contributed by atoms with van der Waals surface area (Å²) in [4.78, 5) is 0.123. The van der Waals surface area contributed by atoms with Crippen LogP contribution < -0.4 is 9.47 Å². The summed E-state index contributed by atoms with van der Waals surface area (Å²) in [5, 5.41) is 10.0. The molecule has 0 spiro atoms. The number of rotatable bonds is 37. The predicted molar refractivity (Wildman–Crippen MR) is 323 cm³/mol. The van der Waals surface area contributed by atoms with Gasteiger partial charge in [0.2, 0.25) is 0 Å². The second kappa shape index (κ2) is 37.7. The molecule has 0 fully saturated rings. The zero-order chi connectivity index (χ0) is 57.0. The zero-order valence-electron chi connectivity index (χ0n) is 49.0. The van der Waals surface area contributed by atoms with Crippen LogP contribution in [-0.4, -0.2) is 123 Å². The molecule has 1 N–H and O–H groups in total. The fourth-order valence-electron chi connectivity index (χ4n) is 7.56. The fraction of sp³-hybridized carbons (Fsp3) is 0.639. The molecule has 0 aromatic heterocycles. The van der Waals surface area contributed by atoms with Crippen molar-refractivity contribution >= 4 is 26.8 Å². The lowest BCUT2D eigenvalue weighted by molar-refractivity contribution is -0.110. The van der Waals surface area contributed by atoms with E-state index in [1.165, 1.54) is 0 Å². The first-order valence-electron chi connectivity index (χ1n) is 26.6. The van der Waals surface area contributed by atoms with Crippen molar-refractivity contribution in [3.8, 4) is 11.5 Å². The van der Waals surface area contributed by atoms with E-state index in [1.54, 1.807) is 58.8 Å². The van der Waals surface area contributed by atoms with Crippen molar-refractivity contribution in [2.24, 2.45) is 11.8 Å². The molecular formula is C61H106O14SSi2. The number of allylic oxidation sites excluding steroid dienone is 2. The lowest BCUT2D eigenvalue weighted by Crippen LogP contribution is -2.45. The summed E-state index contributed by atoms with van der Waals surface area (Å²) >= 11 is 0. The van der Waals surface area contributed by atoms with Gasteiger partial charge in [-0.25, -0.2) is 0 Å². The molecule has 448 valence electrons. The Morgan fingerprint density at radius 2 is 0.987 bits per heavy atom. The van der Waals surface area contributed by atoms with Crippen molar-refractivity contribution in [1.82, 2.24) is 0 Å². The van der Waals surface area contributed by atoms with E-state index in [-0.39, 0.29) is 86.8 Å². The van der Waals surface area contributed by atoms with E-state index in [9.17, 15) is 13.5 Å². The first kappa shape index (κ1) is 74.7. The van der Waals surface area contributed by atoms with Crippen LogP contribution in [0.5, 0.6) is 11.5 Å². The van der Waals surface area contributed by atoms with Crippen LogP contribution >= 0.6 is 0 Å². The minimum Gasteiger partial charge on any atom is -0.497 e. The van der Waals surface area contributed by atoms with Gasteiger partial charge in [0, 0.05) is 58.1 Å². The van der Waals surface area contributed by atoms with Crippen LogP contribution in [0.2, 0.25) is 36.3 Å². The highest BCUT2D eigenvalue weighted by molar-refractivity contribution is 7.86. The summed E-state index contributed by atoms with van der Waals surface area (Å²) in [6.07, 6.45) is 6.54. The number of aryl methyl sites for hydroxylation is 1. The second-order valence-corrected chi connectivity index (χ2v) is 33.5. The largest absolute Gasteiger partial charge is 0.497 e. The van der Waals surface area contributed by atoms with Crippen molar-refractivity contribution in [2.45, 2.75) is 181 Å². The normalized spacial score (nSPS) is 14.5. The van der Waals surface area contributed by atoms with Gasteiger partial charge in [-0.15, -0.1) is 13.2 Å². The Bertz CT molecular complexity index is 2140. The first-order chi connectivity index (χ1) is 35.8. The van der Waals surface area contributed by atoms with Crippen LogP contribution in [0.15, 0.2) is 103 Å². The van der Waals surface area contributed by atoms with Gasteiger partial charge in [0.15, 0.2) is 16.6 Å². The van der Waals surface area contributed by atoms with Crippen LogP contribution in [0.3, 0.4) is 0 Å². The second-order valence-electron chi connectivity index (χ2n) is 22.4. The van der Waals surface area contributed by atoms with Crippen LogP contribution in [0.4, 0.5) is 0 Å². The molecule has 0 radical (unpaired) electrons. The van der Waals surface area contributed by atoms with E-state index in [0.717, 1.165) is 34.6 Å². The number of hydrogen-bond acceptors (Lipinski definition) is 14. The quantitative estimate of drug-likeness (QED) is 0.0191. The van der Waals surface area contributed by atoms with E-state index in [1.807, 2.05) is 61.5 Å². The summed E-state index contributed by atoms with van der Waals surface area (Å²) in [5.74, 6) is 1.29. The number of hydrogen-bond donors (Lipinski definition) is 1. The lowest BCUT2D eigenvalue weighted by atomic mass is 9.94. The molecular weight excluding hydrogens is 1040 g/mol. The maximum Gasteiger partial charge on any atom is 0.296 e. The first-order valence-corrected chi connectivity index (χ1v) is 33.8. The number of methoxy groups -OCH3 is 4. The number of aliphatic hydroxyl groups is 1. The number of aliphatic hydroxyl groups excluding tert-OH is 1. The van der Waals surface area contributed by atoms with Crippen molar-refractivity contribution in [2.75, 3.05) is 68.5 Å². The Kier molecular flexibility index (Phi) is 36.1.